The van der Waals surface area contributed by atoms with E-state index < -0.39 is 10.0 Å². The molecule has 3 rings (SSSR count). The smallest absolute Gasteiger partial charge is 0.252 e. The number of hydrogen-bond donors (Lipinski definition) is 0. The second kappa shape index (κ2) is 7.51. The summed E-state index contributed by atoms with van der Waals surface area (Å²) in [4.78, 5) is 17.0. The minimum atomic E-state index is -3.46. The first-order chi connectivity index (χ1) is 11.5. The third-order valence-corrected chi connectivity index (χ3v) is 8.19. The number of likely N-dealkylation sites (N-methyl/N-ethyl adjacent to an activating group) is 1. The maximum atomic E-state index is 12.8. The Morgan fingerprint density at radius 3 is 2.62 bits per heavy atom. The predicted octanol–water partition coefficient (Wildman–Crippen LogP) is 1.31. The van der Waals surface area contributed by atoms with Crippen LogP contribution < -0.4 is 0 Å². The van der Waals surface area contributed by atoms with Crippen LogP contribution in [0.3, 0.4) is 0 Å². The number of carbonyl (C=O) groups is 1. The Bertz CT molecular complexity index is 652. The molecular formula is C16H25N3O3S2. The summed E-state index contributed by atoms with van der Waals surface area (Å²) in [5.74, 6) is -0.0847. The maximum Gasteiger partial charge on any atom is 0.252 e. The quantitative estimate of drug-likeness (QED) is 0.801. The van der Waals surface area contributed by atoms with Gasteiger partial charge >= 0.3 is 0 Å². The average Bonchev–Trinajstić information content (AvgIpc) is 3.17. The molecule has 0 aliphatic carbocycles. The van der Waals surface area contributed by atoms with Crippen LogP contribution in [0.2, 0.25) is 0 Å². The van der Waals surface area contributed by atoms with E-state index in [1.54, 1.807) is 17.5 Å². The van der Waals surface area contributed by atoms with Crippen LogP contribution in [0.1, 0.15) is 19.8 Å². The van der Waals surface area contributed by atoms with Crippen molar-refractivity contribution >= 4 is 27.3 Å². The molecule has 1 atom stereocenters. The molecule has 1 aromatic rings. The van der Waals surface area contributed by atoms with E-state index in [4.69, 9.17) is 0 Å². The SMILES string of the molecule is CCN1CCN(C(=O)[C@@H]2CCCN(S(=O)(=O)c3cccs3)C2)CC1. The van der Waals surface area contributed by atoms with Gasteiger partial charge < -0.3 is 9.80 Å². The number of carbonyl (C=O) groups excluding carboxylic acids is 1. The third-order valence-electron chi connectivity index (χ3n) is 4.95. The summed E-state index contributed by atoms with van der Waals surface area (Å²) in [6.07, 6.45) is 1.53. The highest BCUT2D eigenvalue weighted by Crippen LogP contribution is 2.27. The van der Waals surface area contributed by atoms with Crippen LogP contribution in [0.5, 0.6) is 0 Å². The van der Waals surface area contributed by atoms with Crippen molar-refractivity contribution in [1.29, 1.82) is 0 Å². The van der Waals surface area contributed by atoms with Gasteiger partial charge in [0.25, 0.3) is 10.0 Å². The molecule has 2 aliphatic rings. The first kappa shape index (κ1) is 17.8. The lowest BCUT2D eigenvalue weighted by Gasteiger charge is -2.38. The van der Waals surface area contributed by atoms with Crippen molar-refractivity contribution in [1.82, 2.24) is 14.1 Å². The van der Waals surface area contributed by atoms with Crippen molar-refractivity contribution < 1.29 is 13.2 Å². The van der Waals surface area contributed by atoms with Gasteiger partial charge in [-0.2, -0.15) is 4.31 Å². The van der Waals surface area contributed by atoms with Crippen molar-refractivity contribution in [3.63, 3.8) is 0 Å². The van der Waals surface area contributed by atoms with Crippen molar-refractivity contribution in [2.75, 3.05) is 45.8 Å². The fourth-order valence-corrected chi connectivity index (χ4v) is 6.11. The van der Waals surface area contributed by atoms with Gasteiger partial charge in [-0.1, -0.05) is 13.0 Å². The van der Waals surface area contributed by atoms with Gasteiger partial charge in [0.1, 0.15) is 4.21 Å². The highest BCUT2D eigenvalue weighted by molar-refractivity contribution is 7.91. The predicted molar refractivity (Wildman–Crippen MR) is 94.5 cm³/mol. The molecule has 1 amide bonds. The van der Waals surface area contributed by atoms with Gasteiger partial charge in [0.2, 0.25) is 5.91 Å². The minimum absolute atomic E-state index is 0.122. The Morgan fingerprint density at radius 1 is 1.25 bits per heavy atom. The van der Waals surface area contributed by atoms with E-state index in [2.05, 4.69) is 11.8 Å². The molecule has 1 aromatic heterocycles. The molecule has 2 saturated heterocycles. The van der Waals surface area contributed by atoms with Gasteiger partial charge in [-0.05, 0) is 30.8 Å². The Hall–Kier alpha value is -0.960. The Morgan fingerprint density at radius 2 is 2.00 bits per heavy atom. The van der Waals surface area contributed by atoms with Gasteiger partial charge in [-0.3, -0.25) is 4.79 Å². The van der Waals surface area contributed by atoms with E-state index in [1.807, 2.05) is 4.90 Å². The molecule has 0 aromatic carbocycles. The van der Waals surface area contributed by atoms with Crippen LogP contribution in [-0.2, 0) is 14.8 Å². The normalized spacial score (nSPS) is 24.2. The molecule has 0 spiro atoms. The van der Waals surface area contributed by atoms with Gasteiger partial charge in [-0.15, -0.1) is 11.3 Å². The van der Waals surface area contributed by atoms with Crippen LogP contribution in [0.25, 0.3) is 0 Å². The van der Waals surface area contributed by atoms with Crippen molar-refractivity contribution in [3.05, 3.63) is 17.5 Å². The number of piperidine rings is 1. The topological polar surface area (TPSA) is 60.9 Å². The van der Waals surface area contributed by atoms with Crippen molar-refractivity contribution in [3.8, 4) is 0 Å². The lowest BCUT2D eigenvalue weighted by molar-refractivity contribution is -0.138. The summed E-state index contributed by atoms with van der Waals surface area (Å²) in [5.41, 5.74) is 0. The van der Waals surface area contributed by atoms with Gasteiger partial charge in [-0.25, -0.2) is 8.42 Å². The molecular weight excluding hydrogens is 346 g/mol. The second-order valence-corrected chi connectivity index (χ2v) is 9.51. The molecule has 0 radical (unpaired) electrons. The second-order valence-electron chi connectivity index (χ2n) is 6.39. The number of nitrogens with zero attached hydrogens (tertiary/aromatic N) is 3. The van der Waals surface area contributed by atoms with E-state index >= 15 is 0 Å². The lowest BCUT2D eigenvalue weighted by atomic mass is 9.98. The summed E-state index contributed by atoms with van der Waals surface area (Å²) >= 11 is 1.23. The molecule has 3 heterocycles. The Labute approximate surface area is 148 Å². The lowest BCUT2D eigenvalue weighted by Crippen LogP contribution is -2.52. The van der Waals surface area contributed by atoms with Crippen molar-refractivity contribution in [2.24, 2.45) is 5.92 Å². The van der Waals surface area contributed by atoms with Crippen LogP contribution in [0, 0.1) is 5.92 Å². The molecule has 134 valence electrons. The zero-order valence-electron chi connectivity index (χ0n) is 14.1. The summed E-state index contributed by atoms with van der Waals surface area (Å²) in [6, 6.07) is 3.38. The van der Waals surface area contributed by atoms with Gasteiger partial charge in [0.15, 0.2) is 0 Å². The van der Waals surface area contributed by atoms with Crippen LogP contribution in [-0.4, -0.2) is 74.2 Å². The highest BCUT2D eigenvalue weighted by Gasteiger charge is 2.36. The molecule has 2 fully saturated rings. The number of thiophene rings is 1. The zero-order valence-corrected chi connectivity index (χ0v) is 15.7. The molecule has 0 saturated carbocycles. The largest absolute Gasteiger partial charge is 0.340 e. The number of hydrogen-bond acceptors (Lipinski definition) is 5. The van der Waals surface area contributed by atoms with E-state index in [0.29, 0.717) is 17.3 Å². The zero-order chi connectivity index (χ0) is 17.2. The Kier molecular flexibility index (Phi) is 5.59. The summed E-state index contributed by atoms with van der Waals surface area (Å²) < 4.78 is 27.2. The minimum Gasteiger partial charge on any atom is -0.340 e. The van der Waals surface area contributed by atoms with E-state index in [9.17, 15) is 13.2 Å². The average molecular weight is 372 g/mol. The molecule has 6 nitrogen and oxygen atoms in total. The summed E-state index contributed by atoms with van der Waals surface area (Å²) in [7, 11) is -3.46. The molecule has 24 heavy (non-hydrogen) atoms. The number of piperazine rings is 1. The van der Waals surface area contributed by atoms with E-state index in [1.165, 1.54) is 15.6 Å². The van der Waals surface area contributed by atoms with Crippen LogP contribution >= 0.6 is 11.3 Å². The van der Waals surface area contributed by atoms with Gasteiger partial charge in [0.05, 0.1) is 5.92 Å². The number of sulfonamides is 1. The summed E-state index contributed by atoms with van der Waals surface area (Å²) in [6.45, 7) is 7.28. The number of rotatable bonds is 4. The molecule has 0 bridgehead atoms. The third kappa shape index (κ3) is 3.66. The van der Waals surface area contributed by atoms with E-state index in [0.717, 1.165) is 45.6 Å². The fourth-order valence-electron chi connectivity index (χ4n) is 3.44. The monoisotopic (exact) mass is 371 g/mol. The standard InChI is InChI=1S/C16H25N3O3S2/c1-2-17-8-10-18(11-9-17)16(20)14-5-3-7-19(13-14)24(21,22)15-6-4-12-23-15/h4,6,12,14H,2-3,5,7-11,13H2,1H3/t14-/m1/s1. The fraction of sp³-hybridized carbons (Fsp3) is 0.688. The first-order valence-electron chi connectivity index (χ1n) is 8.57. The highest BCUT2D eigenvalue weighted by atomic mass is 32.2. The van der Waals surface area contributed by atoms with Crippen molar-refractivity contribution in [2.45, 2.75) is 24.0 Å². The first-order valence-corrected chi connectivity index (χ1v) is 10.9. The summed E-state index contributed by atoms with van der Waals surface area (Å²) in [5, 5.41) is 1.77. The van der Waals surface area contributed by atoms with Crippen LogP contribution in [0.15, 0.2) is 21.7 Å². The number of amides is 1. The molecule has 2 aliphatic heterocycles. The van der Waals surface area contributed by atoms with Gasteiger partial charge in [0, 0.05) is 39.3 Å². The molecule has 0 unspecified atom stereocenters. The van der Waals surface area contributed by atoms with E-state index in [-0.39, 0.29) is 11.8 Å². The molecule has 8 heteroatoms. The Balaban J connectivity index is 1.64. The maximum absolute atomic E-state index is 12.8. The van der Waals surface area contributed by atoms with Crippen LogP contribution in [0.4, 0.5) is 0 Å². The molecule has 0 N–H and O–H groups in total.